The van der Waals surface area contributed by atoms with Gasteiger partial charge < -0.3 is 17.2 Å². The fourth-order valence-electron chi connectivity index (χ4n) is 2.18. The Hall–Kier alpha value is -0.210. The van der Waals surface area contributed by atoms with Crippen LogP contribution in [0.1, 0.15) is 91.4 Å². The van der Waals surface area contributed by atoms with E-state index in [9.17, 15) is 0 Å². The van der Waals surface area contributed by atoms with Gasteiger partial charge in [-0.15, -0.1) is 0 Å². The standard InChI is InChI=1S/C16H34NO.ClH/c1-4-5-6-7-8-9-10-11-12-13-14-15(2)16(3)18-17;/h4-14H2,1-3,17H3;1H/q+1;/p-1/b16-15-;. The van der Waals surface area contributed by atoms with Gasteiger partial charge in [0.05, 0.1) is 0 Å². The van der Waals surface area contributed by atoms with Crippen LogP contribution in [0.25, 0.3) is 0 Å². The van der Waals surface area contributed by atoms with Crippen LogP contribution in [0.15, 0.2) is 11.3 Å². The molecule has 0 aromatic heterocycles. The summed E-state index contributed by atoms with van der Waals surface area (Å²) in [7, 11) is 0. The number of hydrogen-bond acceptors (Lipinski definition) is 1. The predicted octanol–water partition coefficient (Wildman–Crippen LogP) is 1.77. The minimum absolute atomic E-state index is 0. The van der Waals surface area contributed by atoms with Gasteiger partial charge in [0.25, 0.3) is 0 Å². The van der Waals surface area contributed by atoms with Crippen molar-refractivity contribution in [2.24, 2.45) is 0 Å². The zero-order valence-electron chi connectivity index (χ0n) is 13.3. The van der Waals surface area contributed by atoms with Crippen molar-refractivity contribution in [1.82, 2.24) is 0 Å². The molecule has 0 radical (unpaired) electrons. The molecule has 0 rings (SSSR count). The van der Waals surface area contributed by atoms with Crippen molar-refractivity contribution in [3.8, 4) is 0 Å². The molecule has 0 aromatic rings. The van der Waals surface area contributed by atoms with Crippen molar-refractivity contribution < 1.29 is 23.1 Å². The molecule has 0 saturated heterocycles. The molecule has 2 nitrogen and oxygen atoms in total. The average Bonchev–Trinajstić information content (AvgIpc) is 2.39. The van der Waals surface area contributed by atoms with Gasteiger partial charge in [0.1, 0.15) is 0 Å². The Morgan fingerprint density at radius 2 is 1.21 bits per heavy atom. The topological polar surface area (TPSA) is 36.9 Å². The second-order valence-electron chi connectivity index (χ2n) is 5.41. The van der Waals surface area contributed by atoms with Crippen LogP contribution < -0.4 is 18.3 Å². The smallest absolute Gasteiger partial charge is 0.162 e. The number of allylic oxidation sites excluding steroid dienone is 2. The molecular formula is C16H34ClNO. The van der Waals surface area contributed by atoms with Gasteiger partial charge >= 0.3 is 0 Å². The molecule has 0 saturated carbocycles. The van der Waals surface area contributed by atoms with Gasteiger partial charge in [0.15, 0.2) is 5.76 Å². The van der Waals surface area contributed by atoms with E-state index in [4.69, 9.17) is 4.84 Å². The Morgan fingerprint density at radius 1 is 0.789 bits per heavy atom. The van der Waals surface area contributed by atoms with Gasteiger partial charge in [-0.05, 0) is 25.3 Å². The van der Waals surface area contributed by atoms with Crippen LogP contribution in [0, 0.1) is 0 Å². The van der Waals surface area contributed by atoms with Crippen LogP contribution in [0.2, 0.25) is 0 Å². The van der Waals surface area contributed by atoms with E-state index < -0.39 is 0 Å². The third-order valence-electron chi connectivity index (χ3n) is 3.72. The second-order valence-corrected chi connectivity index (χ2v) is 5.41. The van der Waals surface area contributed by atoms with E-state index >= 15 is 0 Å². The Balaban J connectivity index is 0. The van der Waals surface area contributed by atoms with Crippen LogP contribution in [-0.2, 0) is 4.84 Å². The molecule has 0 heterocycles. The minimum Gasteiger partial charge on any atom is -1.00 e. The number of rotatable bonds is 12. The Labute approximate surface area is 126 Å². The molecule has 0 fully saturated rings. The van der Waals surface area contributed by atoms with Crippen molar-refractivity contribution >= 4 is 0 Å². The van der Waals surface area contributed by atoms with Crippen molar-refractivity contribution in [3.05, 3.63) is 11.3 Å². The molecule has 0 unspecified atom stereocenters. The summed E-state index contributed by atoms with van der Waals surface area (Å²) >= 11 is 0. The molecule has 0 atom stereocenters. The van der Waals surface area contributed by atoms with Crippen LogP contribution in [0.3, 0.4) is 0 Å². The summed E-state index contributed by atoms with van der Waals surface area (Å²) in [4.78, 5) is 4.98. The zero-order valence-corrected chi connectivity index (χ0v) is 14.0. The fourth-order valence-corrected chi connectivity index (χ4v) is 2.18. The SMILES string of the molecule is CCCCCCCCCCCC/C(C)=C(/C)O[NH3+].[Cl-]. The monoisotopic (exact) mass is 291 g/mol. The van der Waals surface area contributed by atoms with Crippen LogP contribution in [0.5, 0.6) is 0 Å². The van der Waals surface area contributed by atoms with Crippen molar-refractivity contribution in [3.63, 3.8) is 0 Å². The highest BCUT2D eigenvalue weighted by Gasteiger charge is 1.99. The van der Waals surface area contributed by atoms with Gasteiger partial charge in [0, 0.05) is 6.92 Å². The third kappa shape index (κ3) is 14.0. The summed E-state index contributed by atoms with van der Waals surface area (Å²) in [5.41, 5.74) is 1.35. The molecule has 0 amide bonds. The number of hydrogen-bond donors (Lipinski definition) is 1. The lowest BCUT2D eigenvalue weighted by Crippen LogP contribution is -3.00. The quantitative estimate of drug-likeness (QED) is 0.332. The van der Waals surface area contributed by atoms with Gasteiger partial charge in [0.2, 0.25) is 0 Å². The molecule has 0 aliphatic carbocycles. The molecule has 116 valence electrons. The van der Waals surface area contributed by atoms with E-state index in [1.807, 2.05) is 6.92 Å². The van der Waals surface area contributed by atoms with E-state index in [-0.39, 0.29) is 12.4 Å². The number of unbranched alkanes of at least 4 members (excludes halogenated alkanes) is 9. The lowest BCUT2D eigenvalue weighted by Gasteiger charge is -2.04. The van der Waals surface area contributed by atoms with Crippen LogP contribution >= 0.6 is 0 Å². The maximum absolute atomic E-state index is 4.98. The summed E-state index contributed by atoms with van der Waals surface area (Å²) in [6.07, 6.45) is 15.1. The fraction of sp³-hybridized carbons (Fsp3) is 0.875. The van der Waals surface area contributed by atoms with Crippen LogP contribution in [-0.4, -0.2) is 0 Å². The first-order valence-corrected chi connectivity index (χ1v) is 7.80. The summed E-state index contributed by atoms with van der Waals surface area (Å²) < 4.78 is 0. The highest BCUT2D eigenvalue weighted by Crippen LogP contribution is 2.15. The molecule has 19 heavy (non-hydrogen) atoms. The third-order valence-corrected chi connectivity index (χ3v) is 3.72. The Kier molecular flexibility index (Phi) is 17.6. The van der Waals surface area contributed by atoms with Gasteiger partial charge in [-0.1, -0.05) is 64.7 Å². The van der Waals surface area contributed by atoms with Crippen molar-refractivity contribution in [1.29, 1.82) is 0 Å². The van der Waals surface area contributed by atoms with E-state index in [0.29, 0.717) is 0 Å². The van der Waals surface area contributed by atoms with E-state index in [0.717, 1.165) is 12.2 Å². The largest absolute Gasteiger partial charge is 1.00 e. The lowest BCUT2D eigenvalue weighted by atomic mass is 10.0. The first kappa shape index (κ1) is 21.1. The first-order chi connectivity index (χ1) is 8.72. The molecule has 0 aliphatic rings. The van der Waals surface area contributed by atoms with Crippen molar-refractivity contribution in [2.75, 3.05) is 0 Å². The minimum atomic E-state index is 0. The summed E-state index contributed by atoms with van der Waals surface area (Å²) in [5, 5.41) is 0. The average molecular weight is 292 g/mol. The number of halogens is 1. The second kappa shape index (κ2) is 15.8. The molecule has 0 spiro atoms. The summed E-state index contributed by atoms with van der Waals surface area (Å²) in [6, 6.07) is 0. The van der Waals surface area contributed by atoms with Gasteiger partial charge in [-0.3, -0.25) is 0 Å². The first-order valence-electron chi connectivity index (χ1n) is 7.80. The summed E-state index contributed by atoms with van der Waals surface area (Å²) in [6.45, 7) is 6.42. The predicted molar refractivity (Wildman–Crippen MR) is 78.8 cm³/mol. The van der Waals surface area contributed by atoms with E-state index in [1.54, 1.807) is 0 Å². The molecule has 0 aliphatic heterocycles. The zero-order chi connectivity index (χ0) is 13.6. The summed E-state index contributed by atoms with van der Waals surface area (Å²) in [5.74, 6) is 4.44. The van der Waals surface area contributed by atoms with Crippen LogP contribution in [0.4, 0.5) is 0 Å². The molecule has 3 N–H and O–H groups in total. The Bertz CT molecular complexity index is 217. The maximum atomic E-state index is 4.98. The van der Waals surface area contributed by atoms with E-state index in [2.05, 4.69) is 19.7 Å². The van der Waals surface area contributed by atoms with Gasteiger partial charge in [-0.2, -0.15) is 5.90 Å². The maximum Gasteiger partial charge on any atom is 0.162 e. The van der Waals surface area contributed by atoms with Crippen molar-refractivity contribution in [2.45, 2.75) is 91.4 Å². The molecule has 0 aromatic carbocycles. The normalized spacial score (nSPS) is 11.8. The lowest BCUT2D eigenvalue weighted by molar-refractivity contribution is -0.672. The highest BCUT2D eigenvalue weighted by molar-refractivity contribution is 5.01. The Morgan fingerprint density at radius 3 is 1.63 bits per heavy atom. The van der Waals surface area contributed by atoms with Gasteiger partial charge in [-0.25, -0.2) is 0 Å². The highest BCUT2D eigenvalue weighted by atomic mass is 35.5. The molecule has 3 heteroatoms. The van der Waals surface area contributed by atoms with E-state index in [1.165, 1.54) is 69.8 Å². The number of quaternary nitrogens is 1. The molecular weight excluding hydrogens is 258 g/mol. The molecule has 0 bridgehead atoms.